The van der Waals surface area contributed by atoms with E-state index in [1.54, 1.807) is 14.2 Å². The third-order valence-corrected chi connectivity index (χ3v) is 6.96. The maximum absolute atomic E-state index is 13.0. The highest BCUT2D eigenvalue weighted by atomic mass is 16.5. The first-order chi connectivity index (χ1) is 15.1. The SMILES string of the molecule is COc1ccc(CC(=O)N2CC3CN(c4nc(C)nc5c4CCC5)CC3C2)cc1OC. The molecule has 1 aromatic heterocycles. The summed E-state index contributed by atoms with van der Waals surface area (Å²) in [6.07, 6.45) is 3.74. The zero-order valence-electron chi connectivity index (χ0n) is 18.6. The van der Waals surface area contributed by atoms with Gasteiger partial charge < -0.3 is 19.3 Å². The van der Waals surface area contributed by atoms with Crippen LogP contribution in [0.25, 0.3) is 0 Å². The lowest BCUT2D eigenvalue weighted by atomic mass is 10.0. The number of carbonyl (C=O) groups is 1. The van der Waals surface area contributed by atoms with Gasteiger partial charge in [0.25, 0.3) is 0 Å². The van der Waals surface area contributed by atoms with Gasteiger partial charge in [-0.05, 0) is 43.9 Å². The van der Waals surface area contributed by atoms with Crippen LogP contribution in [0.3, 0.4) is 0 Å². The first-order valence-electron chi connectivity index (χ1n) is 11.2. The van der Waals surface area contributed by atoms with Gasteiger partial charge in [-0.15, -0.1) is 0 Å². The highest BCUT2D eigenvalue weighted by molar-refractivity contribution is 5.79. The van der Waals surface area contributed by atoms with Gasteiger partial charge in [0, 0.05) is 49.3 Å². The minimum absolute atomic E-state index is 0.187. The quantitative estimate of drug-likeness (QED) is 0.737. The number of likely N-dealkylation sites (tertiary alicyclic amines) is 1. The van der Waals surface area contributed by atoms with Gasteiger partial charge in [-0.25, -0.2) is 9.97 Å². The summed E-state index contributed by atoms with van der Waals surface area (Å²) >= 11 is 0. The molecule has 164 valence electrons. The van der Waals surface area contributed by atoms with Crippen molar-refractivity contribution in [2.45, 2.75) is 32.6 Å². The molecular weight excluding hydrogens is 392 g/mol. The topological polar surface area (TPSA) is 67.8 Å². The Morgan fingerprint density at radius 2 is 1.77 bits per heavy atom. The second-order valence-corrected chi connectivity index (χ2v) is 8.96. The molecule has 2 aliphatic heterocycles. The van der Waals surface area contributed by atoms with Crippen LogP contribution in [0.2, 0.25) is 0 Å². The van der Waals surface area contributed by atoms with Gasteiger partial charge in [0.1, 0.15) is 11.6 Å². The molecule has 0 N–H and O–H groups in total. The summed E-state index contributed by atoms with van der Waals surface area (Å²) in [5, 5.41) is 0. The highest BCUT2D eigenvalue weighted by Gasteiger charge is 2.42. The standard InChI is InChI=1S/C24H30N4O3/c1-15-25-20-6-4-5-19(20)24(26-15)28-13-17-11-27(12-18(17)14-28)23(29)10-16-7-8-21(30-2)22(9-16)31-3/h7-9,17-18H,4-6,10-14H2,1-3H3. The lowest BCUT2D eigenvalue weighted by Gasteiger charge is -2.24. The summed E-state index contributed by atoms with van der Waals surface area (Å²) in [5.41, 5.74) is 3.55. The van der Waals surface area contributed by atoms with Crippen molar-refractivity contribution in [3.8, 4) is 11.5 Å². The number of hydrogen-bond donors (Lipinski definition) is 0. The molecule has 5 rings (SSSR count). The van der Waals surface area contributed by atoms with Crippen molar-refractivity contribution in [2.75, 3.05) is 45.3 Å². The Kier molecular flexibility index (Phi) is 5.20. The molecule has 3 aliphatic rings. The van der Waals surface area contributed by atoms with Crippen LogP contribution >= 0.6 is 0 Å². The molecular formula is C24H30N4O3. The molecule has 2 saturated heterocycles. The zero-order chi connectivity index (χ0) is 21.5. The number of methoxy groups -OCH3 is 2. The van der Waals surface area contributed by atoms with E-state index >= 15 is 0 Å². The van der Waals surface area contributed by atoms with Crippen molar-refractivity contribution in [1.29, 1.82) is 0 Å². The summed E-state index contributed by atoms with van der Waals surface area (Å²) in [6.45, 7) is 5.62. The number of anilines is 1. The number of rotatable bonds is 5. The fourth-order valence-electron chi connectivity index (χ4n) is 5.44. The van der Waals surface area contributed by atoms with Crippen molar-refractivity contribution in [3.05, 3.63) is 40.8 Å². The van der Waals surface area contributed by atoms with E-state index in [0.717, 1.165) is 56.2 Å². The molecule has 2 unspecified atom stereocenters. The number of fused-ring (bicyclic) bond motifs is 2. The van der Waals surface area contributed by atoms with Crippen LogP contribution in [0, 0.1) is 18.8 Å². The fraction of sp³-hybridized carbons (Fsp3) is 0.542. The predicted octanol–water partition coefficient (Wildman–Crippen LogP) is 2.43. The molecule has 0 saturated carbocycles. The molecule has 31 heavy (non-hydrogen) atoms. The Hall–Kier alpha value is -2.83. The summed E-state index contributed by atoms with van der Waals surface area (Å²) in [5.74, 6) is 4.59. The molecule has 2 atom stereocenters. The molecule has 7 nitrogen and oxygen atoms in total. The number of aryl methyl sites for hydroxylation is 2. The van der Waals surface area contributed by atoms with Gasteiger partial charge in [-0.1, -0.05) is 6.07 Å². The van der Waals surface area contributed by atoms with E-state index in [0.29, 0.717) is 29.8 Å². The maximum atomic E-state index is 13.0. The van der Waals surface area contributed by atoms with Gasteiger partial charge in [-0.3, -0.25) is 4.79 Å². The monoisotopic (exact) mass is 422 g/mol. The van der Waals surface area contributed by atoms with Gasteiger partial charge in [0.2, 0.25) is 5.91 Å². The van der Waals surface area contributed by atoms with E-state index in [9.17, 15) is 4.79 Å². The number of amides is 1. The zero-order valence-corrected chi connectivity index (χ0v) is 18.6. The minimum Gasteiger partial charge on any atom is -0.493 e. The maximum Gasteiger partial charge on any atom is 0.227 e. The van der Waals surface area contributed by atoms with Crippen LogP contribution in [0.15, 0.2) is 18.2 Å². The Bertz CT molecular complexity index is 995. The number of hydrogen-bond acceptors (Lipinski definition) is 6. The predicted molar refractivity (Wildman–Crippen MR) is 118 cm³/mol. The number of ether oxygens (including phenoxy) is 2. The molecule has 0 bridgehead atoms. The van der Waals surface area contributed by atoms with Crippen LogP contribution in [0.4, 0.5) is 5.82 Å². The van der Waals surface area contributed by atoms with Crippen LogP contribution < -0.4 is 14.4 Å². The second kappa shape index (κ2) is 8.02. The van der Waals surface area contributed by atoms with Crippen molar-refractivity contribution in [1.82, 2.24) is 14.9 Å². The minimum atomic E-state index is 0.187. The first-order valence-corrected chi connectivity index (χ1v) is 11.2. The van der Waals surface area contributed by atoms with Gasteiger partial charge in [0.15, 0.2) is 11.5 Å². The van der Waals surface area contributed by atoms with Crippen molar-refractivity contribution in [2.24, 2.45) is 11.8 Å². The van der Waals surface area contributed by atoms with Crippen LogP contribution in [0.5, 0.6) is 11.5 Å². The average Bonchev–Trinajstić information content (AvgIpc) is 3.47. The number of aromatic nitrogens is 2. The van der Waals surface area contributed by atoms with E-state index in [1.165, 1.54) is 17.7 Å². The smallest absolute Gasteiger partial charge is 0.227 e. The Morgan fingerprint density at radius 3 is 2.48 bits per heavy atom. The van der Waals surface area contributed by atoms with E-state index < -0.39 is 0 Å². The number of benzene rings is 1. The highest BCUT2D eigenvalue weighted by Crippen LogP contribution is 2.37. The van der Waals surface area contributed by atoms with E-state index in [4.69, 9.17) is 14.5 Å². The van der Waals surface area contributed by atoms with Crippen molar-refractivity contribution in [3.63, 3.8) is 0 Å². The molecule has 0 radical (unpaired) electrons. The van der Waals surface area contributed by atoms with E-state index in [2.05, 4.69) is 9.88 Å². The molecule has 7 heteroatoms. The molecule has 0 spiro atoms. The van der Waals surface area contributed by atoms with E-state index in [-0.39, 0.29) is 5.91 Å². The Balaban J connectivity index is 1.23. The first kappa shape index (κ1) is 20.1. The number of carbonyl (C=O) groups excluding carboxylic acids is 1. The van der Waals surface area contributed by atoms with Crippen LogP contribution in [0.1, 0.15) is 29.1 Å². The third kappa shape index (κ3) is 3.70. The normalized spacial score (nSPS) is 21.9. The fourth-order valence-corrected chi connectivity index (χ4v) is 5.44. The summed E-state index contributed by atoms with van der Waals surface area (Å²) in [4.78, 5) is 26.9. The van der Waals surface area contributed by atoms with Crippen molar-refractivity contribution >= 4 is 11.7 Å². The molecule has 1 amide bonds. The lowest BCUT2D eigenvalue weighted by Crippen LogP contribution is -2.34. The van der Waals surface area contributed by atoms with Gasteiger partial charge >= 0.3 is 0 Å². The van der Waals surface area contributed by atoms with E-state index in [1.807, 2.05) is 30.0 Å². The summed E-state index contributed by atoms with van der Waals surface area (Å²) < 4.78 is 10.7. The van der Waals surface area contributed by atoms with Crippen LogP contribution in [-0.4, -0.2) is 61.2 Å². The third-order valence-electron chi connectivity index (χ3n) is 6.96. The largest absolute Gasteiger partial charge is 0.493 e. The Morgan fingerprint density at radius 1 is 1.03 bits per heavy atom. The average molecular weight is 423 g/mol. The molecule has 2 aromatic rings. The number of nitrogens with zero attached hydrogens (tertiary/aromatic N) is 4. The van der Waals surface area contributed by atoms with Gasteiger partial charge in [0.05, 0.1) is 20.6 Å². The molecule has 3 heterocycles. The Labute approximate surface area is 183 Å². The molecule has 1 aromatic carbocycles. The lowest BCUT2D eigenvalue weighted by molar-refractivity contribution is -0.129. The van der Waals surface area contributed by atoms with Gasteiger partial charge in [-0.2, -0.15) is 0 Å². The molecule has 2 fully saturated rings. The summed E-state index contributed by atoms with van der Waals surface area (Å²) in [6, 6.07) is 5.70. The second-order valence-electron chi connectivity index (χ2n) is 8.96. The summed E-state index contributed by atoms with van der Waals surface area (Å²) in [7, 11) is 3.23. The van der Waals surface area contributed by atoms with Crippen LogP contribution in [-0.2, 0) is 24.1 Å². The van der Waals surface area contributed by atoms with Crippen molar-refractivity contribution < 1.29 is 14.3 Å². The molecule has 1 aliphatic carbocycles.